The fraction of sp³-hybridized carbons (Fsp3) is 0.556. The molecule has 3 atom stereocenters. The zero-order valence-electron chi connectivity index (χ0n) is 20.8. The summed E-state index contributed by atoms with van der Waals surface area (Å²) in [7, 11) is -3.73. The van der Waals surface area contributed by atoms with Crippen molar-refractivity contribution in [1.29, 1.82) is 0 Å². The largest absolute Gasteiger partial charge is 0.485 e. The lowest BCUT2D eigenvalue weighted by Crippen LogP contribution is -2.44. The molecule has 0 spiro atoms. The van der Waals surface area contributed by atoms with Gasteiger partial charge in [-0.05, 0) is 37.5 Å². The van der Waals surface area contributed by atoms with Gasteiger partial charge in [-0.2, -0.15) is 4.31 Å². The summed E-state index contributed by atoms with van der Waals surface area (Å²) in [5.41, 5.74) is 1.93. The van der Waals surface area contributed by atoms with Crippen molar-refractivity contribution in [3.8, 4) is 5.75 Å². The van der Waals surface area contributed by atoms with Gasteiger partial charge in [0.2, 0.25) is 10.0 Å². The van der Waals surface area contributed by atoms with E-state index >= 15 is 0 Å². The van der Waals surface area contributed by atoms with Gasteiger partial charge in [0.25, 0.3) is 0 Å². The first-order valence-corrected chi connectivity index (χ1v) is 14.2. The molecule has 1 saturated heterocycles. The maximum Gasteiger partial charge on any atom is 0.247 e. The van der Waals surface area contributed by atoms with E-state index in [2.05, 4.69) is 11.8 Å². The molecule has 2 aliphatic rings. The van der Waals surface area contributed by atoms with Crippen LogP contribution in [-0.2, 0) is 21.4 Å². The number of anilines is 1. The van der Waals surface area contributed by atoms with Crippen LogP contribution in [0.5, 0.6) is 5.75 Å². The highest BCUT2D eigenvalue weighted by Crippen LogP contribution is 2.36. The van der Waals surface area contributed by atoms with Crippen LogP contribution < -0.4 is 9.64 Å². The van der Waals surface area contributed by atoms with Crippen LogP contribution in [0.1, 0.15) is 51.5 Å². The van der Waals surface area contributed by atoms with Crippen molar-refractivity contribution in [3.05, 3.63) is 54.1 Å². The predicted molar refractivity (Wildman–Crippen MR) is 137 cm³/mol. The van der Waals surface area contributed by atoms with Gasteiger partial charge in [-0.1, -0.05) is 56.5 Å². The molecule has 2 aromatic carbocycles. The third kappa shape index (κ3) is 6.36. The van der Waals surface area contributed by atoms with Crippen molar-refractivity contribution >= 4 is 15.7 Å². The summed E-state index contributed by atoms with van der Waals surface area (Å²) in [6.45, 7) is 6.38. The summed E-state index contributed by atoms with van der Waals surface area (Å²) in [6.07, 6.45) is 3.89. The highest BCUT2D eigenvalue weighted by atomic mass is 32.2. The standard InChI is InChI=1S/C27H38N2O5S/c1-3-4-6-9-21(2)29-18-25(20-33-19-22-10-7-5-8-11-22)34-26-16-23(28-15-14-24(30)17-28)12-13-27(26)35(29,31)32/h5,7-8,10-13,16,21,24-25,30H,3-4,6,9,14-15,17-20H2,1-2H3/t21-,24+,25-/m1/s1. The number of unbranched alkanes of at least 4 members (excludes halogenated alkanes) is 2. The second kappa shape index (κ2) is 11.7. The third-order valence-electron chi connectivity index (χ3n) is 6.85. The maximum atomic E-state index is 13.8. The molecular formula is C27H38N2O5S. The van der Waals surface area contributed by atoms with E-state index < -0.39 is 16.1 Å². The Morgan fingerprint density at radius 1 is 1.14 bits per heavy atom. The van der Waals surface area contributed by atoms with Crippen molar-refractivity contribution in [3.63, 3.8) is 0 Å². The van der Waals surface area contributed by atoms with E-state index in [0.29, 0.717) is 25.3 Å². The number of aliphatic hydroxyl groups excluding tert-OH is 1. The van der Waals surface area contributed by atoms with Gasteiger partial charge in [-0.15, -0.1) is 0 Å². The third-order valence-corrected chi connectivity index (χ3v) is 8.87. The lowest BCUT2D eigenvalue weighted by atomic mass is 10.1. The van der Waals surface area contributed by atoms with Gasteiger partial charge in [-0.3, -0.25) is 0 Å². The van der Waals surface area contributed by atoms with Gasteiger partial charge in [0.1, 0.15) is 16.7 Å². The van der Waals surface area contributed by atoms with Crippen LogP contribution in [0, 0.1) is 0 Å². The Labute approximate surface area is 209 Å². The van der Waals surface area contributed by atoms with Gasteiger partial charge in [-0.25, -0.2) is 8.42 Å². The monoisotopic (exact) mass is 502 g/mol. The Hall–Kier alpha value is -2.13. The number of ether oxygens (including phenoxy) is 2. The van der Waals surface area contributed by atoms with E-state index in [0.717, 1.165) is 43.5 Å². The van der Waals surface area contributed by atoms with Crippen LogP contribution in [0.15, 0.2) is 53.4 Å². The molecule has 7 nitrogen and oxygen atoms in total. The first-order valence-electron chi connectivity index (χ1n) is 12.8. The molecule has 0 aliphatic carbocycles. The molecule has 2 aromatic rings. The molecule has 8 heteroatoms. The van der Waals surface area contributed by atoms with Crippen LogP contribution in [0.3, 0.4) is 0 Å². The molecule has 2 heterocycles. The fourth-order valence-electron chi connectivity index (χ4n) is 4.84. The van der Waals surface area contributed by atoms with Gasteiger partial charge in [0, 0.05) is 30.9 Å². The number of sulfonamides is 1. The summed E-state index contributed by atoms with van der Waals surface area (Å²) in [5, 5.41) is 9.95. The minimum absolute atomic E-state index is 0.133. The number of hydrogen-bond acceptors (Lipinski definition) is 6. The second-order valence-corrected chi connectivity index (χ2v) is 11.5. The lowest BCUT2D eigenvalue weighted by molar-refractivity contribution is 0.0310. The first kappa shape index (κ1) is 25.9. The Balaban J connectivity index is 1.58. The number of rotatable bonds is 10. The number of fused-ring (bicyclic) bond motifs is 1. The lowest BCUT2D eigenvalue weighted by Gasteiger charge is -2.28. The molecule has 0 amide bonds. The first-order chi connectivity index (χ1) is 16.9. The topological polar surface area (TPSA) is 79.3 Å². The quantitative estimate of drug-likeness (QED) is 0.491. The van der Waals surface area contributed by atoms with Gasteiger partial charge in [0.05, 0.1) is 25.9 Å². The summed E-state index contributed by atoms with van der Waals surface area (Å²) < 4.78 is 41.5. The molecule has 35 heavy (non-hydrogen) atoms. The maximum absolute atomic E-state index is 13.8. The number of nitrogens with zero attached hydrogens (tertiary/aromatic N) is 2. The van der Waals surface area contributed by atoms with Crippen molar-refractivity contribution in [2.45, 2.75) is 75.7 Å². The second-order valence-electron chi connectivity index (χ2n) is 9.68. The molecule has 0 radical (unpaired) electrons. The number of aliphatic hydroxyl groups is 1. The number of hydrogen-bond donors (Lipinski definition) is 1. The Bertz CT molecular complexity index is 1060. The summed E-state index contributed by atoms with van der Waals surface area (Å²) in [5.74, 6) is 0.362. The van der Waals surface area contributed by atoms with Crippen molar-refractivity contribution < 1.29 is 23.0 Å². The van der Waals surface area contributed by atoms with Gasteiger partial charge < -0.3 is 19.5 Å². The predicted octanol–water partition coefficient (Wildman–Crippen LogP) is 4.19. The average molecular weight is 503 g/mol. The molecule has 0 aromatic heterocycles. The molecule has 4 rings (SSSR count). The molecule has 192 valence electrons. The van der Waals surface area contributed by atoms with E-state index in [4.69, 9.17) is 9.47 Å². The van der Waals surface area contributed by atoms with Crippen molar-refractivity contribution in [2.75, 3.05) is 31.1 Å². The van der Waals surface area contributed by atoms with Crippen molar-refractivity contribution in [2.24, 2.45) is 0 Å². The van der Waals surface area contributed by atoms with E-state index in [1.54, 1.807) is 16.4 Å². The van der Waals surface area contributed by atoms with Crippen LogP contribution in [0.25, 0.3) is 0 Å². The highest BCUT2D eigenvalue weighted by molar-refractivity contribution is 7.89. The van der Waals surface area contributed by atoms with Crippen LogP contribution in [0.4, 0.5) is 5.69 Å². The zero-order chi connectivity index (χ0) is 24.8. The number of β-amino-alcohol motifs (C(OH)–C–C–N with tert-alkyl or cyclic N) is 1. The average Bonchev–Trinajstić information content (AvgIpc) is 3.24. The molecule has 0 saturated carbocycles. The smallest absolute Gasteiger partial charge is 0.247 e. The SMILES string of the molecule is CCCCC[C@@H](C)N1C[C@H](COCc2ccccc2)Oc2cc(N3CC[C@H](O)C3)ccc2S1(=O)=O. The zero-order valence-corrected chi connectivity index (χ0v) is 21.6. The van der Waals surface area contributed by atoms with Crippen molar-refractivity contribution in [1.82, 2.24) is 4.31 Å². The Morgan fingerprint density at radius 2 is 1.94 bits per heavy atom. The molecule has 1 N–H and O–H groups in total. The van der Waals surface area contributed by atoms with Crippen LogP contribution in [-0.4, -0.2) is 62.3 Å². The van der Waals surface area contributed by atoms with E-state index in [-0.39, 0.29) is 30.2 Å². The van der Waals surface area contributed by atoms with Gasteiger partial charge in [0.15, 0.2) is 0 Å². The summed E-state index contributed by atoms with van der Waals surface area (Å²) in [6, 6.07) is 15.1. The minimum atomic E-state index is -3.73. The van der Waals surface area contributed by atoms with Crippen LogP contribution in [0.2, 0.25) is 0 Å². The minimum Gasteiger partial charge on any atom is -0.485 e. The molecular weight excluding hydrogens is 464 g/mol. The van der Waals surface area contributed by atoms with E-state index in [9.17, 15) is 13.5 Å². The van der Waals surface area contributed by atoms with Gasteiger partial charge >= 0.3 is 0 Å². The molecule has 0 unspecified atom stereocenters. The molecule has 1 fully saturated rings. The fourth-order valence-corrected chi connectivity index (χ4v) is 6.63. The Kier molecular flexibility index (Phi) is 8.70. The number of benzene rings is 2. The normalized spacial score (nSPS) is 22.9. The summed E-state index contributed by atoms with van der Waals surface area (Å²) in [4.78, 5) is 2.27. The Morgan fingerprint density at radius 3 is 2.66 bits per heavy atom. The molecule has 0 bridgehead atoms. The van der Waals surface area contributed by atoms with Crippen LogP contribution >= 0.6 is 0 Å². The summed E-state index contributed by atoms with van der Waals surface area (Å²) >= 11 is 0. The molecule has 2 aliphatic heterocycles. The van der Waals surface area contributed by atoms with E-state index in [1.807, 2.05) is 43.3 Å². The van der Waals surface area contributed by atoms with E-state index in [1.165, 1.54) is 0 Å². The highest BCUT2D eigenvalue weighted by Gasteiger charge is 2.38.